The number of esters is 2. The normalized spacial score (nSPS) is 14.5. The molecule has 454 valence electrons. The summed E-state index contributed by atoms with van der Waals surface area (Å²) in [6, 6.07) is 0. The van der Waals surface area contributed by atoms with Crippen LogP contribution < -0.4 is 0 Å². The third kappa shape index (κ3) is 47.3. The van der Waals surface area contributed by atoms with Crippen molar-refractivity contribution < 1.29 is 19.1 Å². The highest BCUT2D eigenvalue weighted by molar-refractivity contribution is 6.14. The summed E-state index contributed by atoms with van der Waals surface area (Å²) < 4.78 is 10.0. The summed E-state index contributed by atoms with van der Waals surface area (Å²) in [5, 5.41) is 0. The van der Waals surface area contributed by atoms with Crippen LogP contribution in [0.1, 0.15) is 285 Å². The summed E-state index contributed by atoms with van der Waals surface area (Å²) in [5.41, 5.74) is 20.4. The summed E-state index contributed by atoms with van der Waals surface area (Å²) in [4.78, 5) is 24.4. The molecule has 4 nitrogen and oxygen atoms in total. The van der Waals surface area contributed by atoms with Gasteiger partial charge < -0.3 is 9.47 Å². The lowest BCUT2D eigenvalue weighted by Gasteiger charge is -2.06. The standard InChI is InChI=1S/C77H122O4/c1-18-80-76(78)75(77(79)81-19-2)60-59-74(17)58-32-57-73(16)56-31-55-72(15)54-30-53-71(14)52-29-51-70(13)50-28-49-69(12)48-27-47-68(11)46-26-45-67(10)44-25-43-66(9)42-24-41-65(8)40-23-39-64(7)38-22-37-63(6)36-21-35-62(5)34-20-33-61(3)4/h33,35,37,39,41,43,45,47,49,51,53,55,57,59-60H,18-32,34,36,38,40,42,44,46,48,50,52,54,56,58H2,1-17H3/b62-35+,63-37+,64-39-,65-41-,66-43-,67-45-,68-47-,69-49-,70-51-,71-53-,72-55-,73-57-,74-59-. The second kappa shape index (κ2) is 49.6. The van der Waals surface area contributed by atoms with Crippen LogP contribution >= 0.6 is 0 Å². The molecule has 0 saturated heterocycles. The molecule has 0 aromatic carbocycles. The maximum atomic E-state index is 12.2. The third-order valence-corrected chi connectivity index (χ3v) is 15.0. The van der Waals surface area contributed by atoms with Gasteiger partial charge in [-0.15, -0.1) is 0 Å². The molecule has 0 aliphatic heterocycles. The van der Waals surface area contributed by atoms with Crippen LogP contribution in [-0.2, 0) is 19.1 Å². The average molecular weight is 1110 g/mol. The Hall–Kier alpha value is -4.96. The molecule has 81 heavy (non-hydrogen) atoms. The van der Waals surface area contributed by atoms with Crippen molar-refractivity contribution in [3.05, 3.63) is 175 Å². The van der Waals surface area contributed by atoms with Gasteiger partial charge in [0.15, 0.2) is 0 Å². The molecule has 0 bridgehead atoms. The fourth-order valence-corrected chi connectivity index (χ4v) is 9.31. The van der Waals surface area contributed by atoms with E-state index in [4.69, 9.17) is 9.47 Å². The van der Waals surface area contributed by atoms with E-state index in [2.05, 4.69) is 176 Å². The van der Waals surface area contributed by atoms with Gasteiger partial charge in [-0.05, 0) is 291 Å². The fourth-order valence-electron chi connectivity index (χ4n) is 9.31. The summed E-state index contributed by atoms with van der Waals surface area (Å²) >= 11 is 0. The van der Waals surface area contributed by atoms with Crippen molar-refractivity contribution in [1.82, 2.24) is 0 Å². The zero-order valence-electron chi connectivity index (χ0n) is 55.6. The second-order valence-electron chi connectivity index (χ2n) is 23.9. The predicted molar refractivity (Wildman–Crippen MR) is 360 cm³/mol. The molecule has 0 heterocycles. The molecule has 0 atom stereocenters. The van der Waals surface area contributed by atoms with Crippen LogP contribution in [0.25, 0.3) is 0 Å². The van der Waals surface area contributed by atoms with E-state index in [9.17, 15) is 9.59 Å². The molecular weight excluding hydrogens is 989 g/mol. The Morgan fingerprint density at radius 3 is 0.556 bits per heavy atom. The second-order valence-corrected chi connectivity index (χ2v) is 23.9. The molecule has 0 aromatic rings. The van der Waals surface area contributed by atoms with Crippen LogP contribution in [0.15, 0.2) is 175 Å². The molecule has 0 saturated carbocycles. The van der Waals surface area contributed by atoms with E-state index in [1.807, 2.05) is 13.0 Å². The maximum absolute atomic E-state index is 12.2. The molecule has 0 N–H and O–H groups in total. The van der Waals surface area contributed by atoms with Crippen LogP contribution in [0, 0.1) is 0 Å². The minimum atomic E-state index is -0.650. The molecule has 0 radical (unpaired) electrons. The topological polar surface area (TPSA) is 52.6 Å². The van der Waals surface area contributed by atoms with Gasteiger partial charge in [-0.3, -0.25) is 0 Å². The molecule has 0 unspecified atom stereocenters. The van der Waals surface area contributed by atoms with Crippen LogP contribution in [0.4, 0.5) is 0 Å². The average Bonchev–Trinajstić information content (AvgIpc) is 3.38. The summed E-state index contributed by atoms with van der Waals surface area (Å²) in [6.45, 7) is 37.7. The van der Waals surface area contributed by atoms with Gasteiger partial charge in [-0.1, -0.05) is 163 Å². The third-order valence-electron chi connectivity index (χ3n) is 15.0. The molecular formula is C77H122O4. The minimum absolute atomic E-state index is 0.0695. The number of carbonyl (C=O) groups is 2. The van der Waals surface area contributed by atoms with Gasteiger partial charge >= 0.3 is 11.9 Å². The van der Waals surface area contributed by atoms with Crippen LogP contribution in [0.5, 0.6) is 0 Å². The number of hydrogen-bond acceptors (Lipinski definition) is 4. The number of rotatable bonds is 44. The molecule has 0 aliphatic carbocycles. The zero-order chi connectivity index (χ0) is 60.6. The molecule has 0 aromatic heterocycles. The van der Waals surface area contributed by atoms with Crippen molar-refractivity contribution in [1.29, 1.82) is 0 Å². The van der Waals surface area contributed by atoms with E-state index < -0.39 is 11.9 Å². The van der Waals surface area contributed by atoms with Crippen molar-refractivity contribution in [3.8, 4) is 0 Å². The zero-order valence-corrected chi connectivity index (χ0v) is 55.6. The lowest BCUT2D eigenvalue weighted by Crippen LogP contribution is -2.18. The first-order chi connectivity index (χ1) is 38.6. The predicted octanol–water partition coefficient (Wildman–Crippen LogP) is 24.4. The largest absolute Gasteiger partial charge is 0.462 e. The van der Waals surface area contributed by atoms with Gasteiger partial charge in [-0.25, -0.2) is 9.59 Å². The quantitative estimate of drug-likeness (QED) is 0.0152. The number of ether oxygens (including phenoxy) is 2. The van der Waals surface area contributed by atoms with E-state index in [0.717, 1.165) is 147 Å². The molecule has 0 aliphatic rings. The fraction of sp³-hybridized carbons (Fsp3) is 0.584. The van der Waals surface area contributed by atoms with Crippen molar-refractivity contribution >= 4 is 11.9 Å². The Balaban J connectivity index is 4.42. The number of carbonyl (C=O) groups excluding carboxylic acids is 2. The van der Waals surface area contributed by atoms with Gasteiger partial charge in [0.25, 0.3) is 0 Å². The van der Waals surface area contributed by atoms with E-state index in [1.165, 1.54) is 104 Å². The lowest BCUT2D eigenvalue weighted by molar-refractivity contribution is -0.146. The Bertz CT molecular complexity index is 2280. The van der Waals surface area contributed by atoms with Crippen molar-refractivity contribution in [3.63, 3.8) is 0 Å². The summed E-state index contributed by atoms with van der Waals surface area (Å²) in [7, 11) is 0. The van der Waals surface area contributed by atoms with Crippen LogP contribution in [0.3, 0.4) is 0 Å². The Morgan fingerprint density at radius 1 is 0.235 bits per heavy atom. The number of allylic oxidation sites excluding steroid dienone is 29. The highest BCUT2D eigenvalue weighted by Crippen LogP contribution is 2.21. The maximum Gasteiger partial charge on any atom is 0.345 e. The van der Waals surface area contributed by atoms with Gasteiger partial charge in [-0.2, -0.15) is 0 Å². The SMILES string of the molecule is CCOC(=O)C(=C/C=C(/C)CC/C=C(/C)CC/C=C(/C)CC/C=C(/C)CC/C=C(/C)CC/C=C(/C)CC/C=C(/C)CC/C=C(/C)CC/C=C(/C)CC/C=C(/C)CC/C=C(/C)CC/C=C(\C)CC/C=C(\C)CCC=C(C)C)C(=O)OCC. The molecule has 4 heteroatoms. The summed E-state index contributed by atoms with van der Waals surface area (Å²) in [6.07, 6.45) is 64.1. The number of hydrogen-bond donors (Lipinski definition) is 0. The molecule has 0 rings (SSSR count). The molecule has 0 spiro atoms. The van der Waals surface area contributed by atoms with E-state index in [-0.39, 0.29) is 18.8 Å². The van der Waals surface area contributed by atoms with Gasteiger partial charge in [0.1, 0.15) is 5.57 Å². The monoisotopic (exact) mass is 1110 g/mol. The van der Waals surface area contributed by atoms with Crippen LogP contribution in [0.2, 0.25) is 0 Å². The van der Waals surface area contributed by atoms with Gasteiger partial charge in [0.05, 0.1) is 13.2 Å². The Kier molecular flexibility index (Phi) is 46.6. The van der Waals surface area contributed by atoms with E-state index in [0.29, 0.717) is 0 Å². The van der Waals surface area contributed by atoms with Crippen molar-refractivity contribution in [2.45, 2.75) is 285 Å². The van der Waals surface area contributed by atoms with Gasteiger partial charge in [0, 0.05) is 0 Å². The van der Waals surface area contributed by atoms with E-state index >= 15 is 0 Å². The Morgan fingerprint density at radius 2 is 0.395 bits per heavy atom. The first kappa shape index (κ1) is 76.0. The van der Waals surface area contributed by atoms with Crippen molar-refractivity contribution in [2.24, 2.45) is 0 Å². The summed E-state index contributed by atoms with van der Waals surface area (Å²) in [5.74, 6) is -1.30. The Labute approximate surface area is 501 Å². The first-order valence-electron chi connectivity index (χ1n) is 31.9. The highest BCUT2D eigenvalue weighted by Gasteiger charge is 2.20. The minimum Gasteiger partial charge on any atom is -0.462 e. The lowest BCUT2D eigenvalue weighted by atomic mass is 10.0. The van der Waals surface area contributed by atoms with Crippen molar-refractivity contribution in [2.75, 3.05) is 13.2 Å². The molecule has 0 fully saturated rings. The van der Waals surface area contributed by atoms with E-state index in [1.54, 1.807) is 13.8 Å². The molecule has 0 amide bonds. The first-order valence-corrected chi connectivity index (χ1v) is 31.9. The van der Waals surface area contributed by atoms with Gasteiger partial charge in [0.2, 0.25) is 0 Å². The van der Waals surface area contributed by atoms with Crippen LogP contribution in [-0.4, -0.2) is 25.2 Å². The smallest absolute Gasteiger partial charge is 0.345 e. The highest BCUT2D eigenvalue weighted by atomic mass is 16.6.